The molecule has 0 spiro atoms. The molecule has 9 N–H and O–H groups in total. The Kier molecular flexibility index (Phi) is 9.79. The van der Waals surface area contributed by atoms with Crippen molar-refractivity contribution in [3.8, 4) is 23.0 Å². The molecule has 0 fully saturated rings. The van der Waals surface area contributed by atoms with Crippen LogP contribution in [0.1, 0.15) is 18.1 Å². The van der Waals surface area contributed by atoms with Crippen LogP contribution in [-0.2, 0) is 32.0 Å². The number of rotatable bonds is 11. The summed E-state index contributed by atoms with van der Waals surface area (Å²) >= 11 is 3.98. The maximum atomic E-state index is 13.1. The van der Waals surface area contributed by atoms with E-state index in [1.54, 1.807) is 0 Å². The molecule has 3 atom stereocenters. The molecule has 0 heterocycles. The van der Waals surface area contributed by atoms with Gasteiger partial charge in [-0.15, -0.1) is 0 Å². The summed E-state index contributed by atoms with van der Waals surface area (Å²) in [5.74, 6) is -4.60. The van der Waals surface area contributed by atoms with Crippen molar-refractivity contribution in [2.75, 3.05) is 5.75 Å². The summed E-state index contributed by atoms with van der Waals surface area (Å²) in [6.45, 7) is 1.20. The van der Waals surface area contributed by atoms with Crippen LogP contribution in [-0.4, -0.2) is 67.9 Å². The second-order valence-electron chi connectivity index (χ2n) is 8.01. The lowest BCUT2D eigenvalue weighted by Gasteiger charge is -2.24. The van der Waals surface area contributed by atoms with E-state index in [-0.39, 0.29) is 30.1 Å². The van der Waals surface area contributed by atoms with Gasteiger partial charge in [-0.25, -0.2) is 0 Å². The maximum Gasteiger partial charge on any atom is 0.243 e. The summed E-state index contributed by atoms with van der Waals surface area (Å²) in [6.07, 6.45) is -0.246. The monoisotopic (exact) mass is 520 g/mol. The number of thiol groups is 1. The Morgan fingerprint density at radius 3 is 1.53 bits per heavy atom. The molecule has 0 aliphatic heterocycles. The summed E-state index contributed by atoms with van der Waals surface area (Å²) in [7, 11) is 0. The number of phenols is 4. The predicted octanol–water partition coefficient (Wildman–Crippen LogP) is -0.816. The Morgan fingerprint density at radius 2 is 1.17 bits per heavy atom. The maximum absolute atomic E-state index is 13.1. The standard InChI is InChI=1S/C23H28N4O8S/c1-11(28)25-14(6-12-2-4-17(29)19(31)8-12)22(34)26-15(23(35)27-16(10-36)21(24)33)7-13-3-5-18(30)20(32)9-13/h2-5,8-9,14-16,29-32,36H,6-7,10H2,1H3,(H2,24,33)(H,25,28)(H,26,34)(H,27,35)/t14-,15-,16-/m0/s1. The summed E-state index contributed by atoms with van der Waals surface area (Å²) in [4.78, 5) is 49.4. The lowest BCUT2D eigenvalue weighted by Crippen LogP contribution is -2.57. The molecule has 194 valence electrons. The van der Waals surface area contributed by atoms with Gasteiger partial charge in [0.2, 0.25) is 23.6 Å². The molecule has 0 bridgehead atoms. The third-order valence-corrected chi connectivity index (χ3v) is 5.49. The molecule has 12 nitrogen and oxygen atoms in total. The molecule has 0 unspecified atom stereocenters. The topological polar surface area (TPSA) is 211 Å². The molecule has 2 rings (SSSR count). The van der Waals surface area contributed by atoms with Crippen LogP contribution < -0.4 is 21.7 Å². The first-order valence-electron chi connectivity index (χ1n) is 10.7. The van der Waals surface area contributed by atoms with Crippen LogP contribution in [0, 0.1) is 0 Å². The Hall–Kier alpha value is -4.13. The van der Waals surface area contributed by atoms with Gasteiger partial charge in [-0.05, 0) is 35.4 Å². The molecule has 4 amide bonds. The van der Waals surface area contributed by atoms with E-state index in [9.17, 15) is 39.6 Å². The normalized spacial score (nSPS) is 13.2. The highest BCUT2D eigenvalue weighted by Gasteiger charge is 2.29. The van der Waals surface area contributed by atoms with E-state index < -0.39 is 53.3 Å². The van der Waals surface area contributed by atoms with E-state index in [0.29, 0.717) is 11.1 Å². The molecule has 0 aliphatic carbocycles. The van der Waals surface area contributed by atoms with Crippen LogP contribution >= 0.6 is 12.6 Å². The van der Waals surface area contributed by atoms with E-state index in [2.05, 4.69) is 28.6 Å². The number of aromatic hydroxyl groups is 4. The van der Waals surface area contributed by atoms with Gasteiger partial charge >= 0.3 is 0 Å². The van der Waals surface area contributed by atoms with Crippen LogP contribution in [0.4, 0.5) is 0 Å². The van der Waals surface area contributed by atoms with Gasteiger partial charge in [0.15, 0.2) is 23.0 Å². The van der Waals surface area contributed by atoms with E-state index >= 15 is 0 Å². The molecule has 2 aromatic carbocycles. The van der Waals surface area contributed by atoms with Crippen molar-refractivity contribution in [2.45, 2.75) is 37.9 Å². The summed E-state index contributed by atoms with van der Waals surface area (Å²) in [6, 6.07) is 4.16. The van der Waals surface area contributed by atoms with Gasteiger partial charge in [0.05, 0.1) is 0 Å². The zero-order chi connectivity index (χ0) is 27.0. The lowest BCUT2D eigenvalue weighted by molar-refractivity contribution is -0.132. The number of phenolic OH excluding ortho intramolecular Hbond substituents is 4. The number of primary amides is 1. The molecular weight excluding hydrogens is 492 g/mol. The zero-order valence-corrected chi connectivity index (χ0v) is 20.2. The Balaban J connectivity index is 2.31. The molecule has 0 aromatic heterocycles. The van der Waals surface area contributed by atoms with Gasteiger partial charge in [0.25, 0.3) is 0 Å². The van der Waals surface area contributed by atoms with Crippen molar-refractivity contribution in [3.63, 3.8) is 0 Å². The van der Waals surface area contributed by atoms with Crippen molar-refractivity contribution in [1.29, 1.82) is 0 Å². The van der Waals surface area contributed by atoms with Crippen LogP contribution in [0.3, 0.4) is 0 Å². The van der Waals surface area contributed by atoms with Gasteiger partial charge in [-0.2, -0.15) is 12.6 Å². The summed E-state index contributed by atoms with van der Waals surface area (Å²) < 4.78 is 0. The second kappa shape index (κ2) is 12.5. The molecule has 2 aromatic rings. The van der Waals surface area contributed by atoms with Crippen molar-refractivity contribution in [2.24, 2.45) is 5.73 Å². The fourth-order valence-corrected chi connectivity index (χ4v) is 3.55. The Labute approximate surface area is 211 Å². The number of hydrogen-bond donors (Lipinski definition) is 9. The fraction of sp³-hybridized carbons (Fsp3) is 0.304. The van der Waals surface area contributed by atoms with Crippen molar-refractivity contribution in [1.82, 2.24) is 16.0 Å². The van der Waals surface area contributed by atoms with Crippen molar-refractivity contribution < 1.29 is 39.6 Å². The number of nitrogens with one attached hydrogen (secondary N) is 3. The first kappa shape index (κ1) is 28.1. The predicted molar refractivity (Wildman–Crippen MR) is 131 cm³/mol. The van der Waals surface area contributed by atoms with Gasteiger partial charge in [-0.3, -0.25) is 19.2 Å². The smallest absolute Gasteiger partial charge is 0.243 e. The van der Waals surface area contributed by atoms with Crippen LogP contribution in [0.5, 0.6) is 23.0 Å². The minimum atomic E-state index is -1.28. The molecule has 0 saturated heterocycles. The molecular formula is C23H28N4O8S. The van der Waals surface area contributed by atoms with E-state index in [1.807, 2.05) is 0 Å². The van der Waals surface area contributed by atoms with E-state index in [0.717, 1.165) is 0 Å². The minimum Gasteiger partial charge on any atom is -0.504 e. The fourth-order valence-electron chi connectivity index (χ4n) is 3.28. The second-order valence-corrected chi connectivity index (χ2v) is 8.38. The Morgan fingerprint density at radius 1 is 0.750 bits per heavy atom. The number of amides is 4. The highest BCUT2D eigenvalue weighted by atomic mass is 32.1. The number of carbonyl (C=O) groups excluding carboxylic acids is 4. The van der Waals surface area contributed by atoms with Crippen molar-refractivity contribution in [3.05, 3.63) is 47.5 Å². The van der Waals surface area contributed by atoms with Crippen molar-refractivity contribution >= 4 is 36.3 Å². The minimum absolute atomic E-state index is 0.0891. The quantitative estimate of drug-likeness (QED) is 0.135. The van der Waals surface area contributed by atoms with Crippen LogP contribution in [0.15, 0.2) is 36.4 Å². The number of hydrogen-bond acceptors (Lipinski definition) is 9. The largest absolute Gasteiger partial charge is 0.504 e. The highest BCUT2D eigenvalue weighted by Crippen LogP contribution is 2.26. The number of benzene rings is 2. The first-order valence-corrected chi connectivity index (χ1v) is 11.3. The summed E-state index contributed by atoms with van der Waals surface area (Å²) in [5, 5.41) is 46.0. The Bertz CT molecular complexity index is 1140. The van der Waals surface area contributed by atoms with E-state index in [4.69, 9.17) is 5.73 Å². The molecule has 0 aliphatic rings. The summed E-state index contributed by atoms with van der Waals surface area (Å²) in [5.41, 5.74) is 6.04. The van der Waals surface area contributed by atoms with Gasteiger partial charge in [-0.1, -0.05) is 12.1 Å². The average Bonchev–Trinajstić information content (AvgIpc) is 2.80. The molecule has 0 saturated carbocycles. The number of carbonyl (C=O) groups is 4. The first-order chi connectivity index (χ1) is 16.9. The average molecular weight is 521 g/mol. The number of nitrogens with two attached hydrogens (primary N) is 1. The third kappa shape index (κ3) is 7.98. The molecule has 36 heavy (non-hydrogen) atoms. The van der Waals surface area contributed by atoms with Gasteiger partial charge in [0, 0.05) is 25.5 Å². The molecule has 13 heteroatoms. The third-order valence-electron chi connectivity index (χ3n) is 5.13. The molecule has 0 radical (unpaired) electrons. The van der Waals surface area contributed by atoms with Crippen LogP contribution in [0.25, 0.3) is 0 Å². The highest BCUT2D eigenvalue weighted by molar-refractivity contribution is 7.80. The van der Waals surface area contributed by atoms with Gasteiger partial charge in [0.1, 0.15) is 18.1 Å². The lowest BCUT2D eigenvalue weighted by atomic mass is 10.0. The SMILES string of the molecule is CC(=O)N[C@@H](Cc1ccc(O)c(O)c1)C(=O)N[C@@H](Cc1ccc(O)c(O)c1)C(=O)N[C@@H](CS)C(N)=O. The van der Waals surface area contributed by atoms with Gasteiger partial charge < -0.3 is 42.1 Å². The zero-order valence-electron chi connectivity index (χ0n) is 19.3. The van der Waals surface area contributed by atoms with E-state index in [1.165, 1.54) is 43.3 Å². The van der Waals surface area contributed by atoms with Crippen LogP contribution in [0.2, 0.25) is 0 Å².